The maximum Gasteiger partial charge on any atom is 0.255 e. The first-order chi connectivity index (χ1) is 16.4. The number of fused-ring (bicyclic) bond motifs is 3. The molecule has 0 heterocycles. The normalized spacial score (nSPS) is 26.1. The predicted octanol–water partition coefficient (Wildman–Crippen LogP) is 1.73. The number of ketones is 2. The van der Waals surface area contributed by atoms with Gasteiger partial charge in [0, 0.05) is 30.0 Å². The number of carbonyl (C=O) groups is 3. The van der Waals surface area contributed by atoms with Gasteiger partial charge in [-0.3, -0.25) is 14.4 Å². The van der Waals surface area contributed by atoms with Gasteiger partial charge in [-0.2, -0.15) is 0 Å². The van der Waals surface area contributed by atoms with Gasteiger partial charge in [-0.25, -0.2) is 0 Å². The van der Waals surface area contributed by atoms with Crippen molar-refractivity contribution in [3.8, 4) is 5.75 Å². The number of nitrogens with two attached hydrogens (primary N) is 1. The summed E-state index contributed by atoms with van der Waals surface area (Å²) in [5.74, 6) is -5.68. The highest BCUT2D eigenvalue weighted by Crippen LogP contribution is 2.52. The maximum atomic E-state index is 13.6. The number of carbonyl (C=O) groups excluding carboxylic acids is 3. The van der Waals surface area contributed by atoms with Crippen LogP contribution < -0.4 is 11.1 Å². The Bertz CT molecular complexity index is 1200. The number of primary amides is 1. The number of nitrogens with one attached hydrogen (secondary N) is 1. The van der Waals surface area contributed by atoms with Gasteiger partial charge in [0.25, 0.3) is 5.91 Å². The number of Topliss-reactive ketones (excluding diaryl/α,β-unsaturated/α-hetero) is 2. The van der Waals surface area contributed by atoms with Gasteiger partial charge in [-0.05, 0) is 48.8 Å². The molecule has 35 heavy (non-hydrogen) atoms. The van der Waals surface area contributed by atoms with Crippen LogP contribution in [0.1, 0.15) is 55.9 Å². The molecule has 1 saturated carbocycles. The molecule has 0 spiro atoms. The van der Waals surface area contributed by atoms with Crippen LogP contribution in [0.15, 0.2) is 23.0 Å². The first-order valence-corrected chi connectivity index (χ1v) is 12.0. The topological polar surface area (TPSA) is 170 Å². The van der Waals surface area contributed by atoms with Gasteiger partial charge in [0.2, 0.25) is 5.78 Å². The maximum absolute atomic E-state index is 13.6. The van der Waals surface area contributed by atoms with Crippen molar-refractivity contribution in [2.75, 3.05) is 6.54 Å². The van der Waals surface area contributed by atoms with Crippen LogP contribution in [-0.2, 0) is 33.8 Å². The first kappa shape index (κ1) is 24.9. The van der Waals surface area contributed by atoms with E-state index in [2.05, 4.69) is 19.2 Å². The highest BCUT2D eigenvalue weighted by Gasteiger charge is 2.60. The molecule has 0 unspecified atom stereocenters. The number of aliphatic hydroxyl groups excluding tert-OH is 2. The molecular formula is C26H32N2O7. The lowest BCUT2D eigenvalue weighted by Crippen LogP contribution is -2.58. The highest BCUT2D eigenvalue weighted by atomic mass is 16.3. The molecule has 7 N–H and O–H groups in total. The van der Waals surface area contributed by atoms with Crippen molar-refractivity contribution in [3.05, 3.63) is 45.2 Å². The molecule has 0 aliphatic heterocycles. The number of hydrogen-bond acceptors (Lipinski definition) is 8. The molecule has 0 radical (unpaired) electrons. The summed E-state index contributed by atoms with van der Waals surface area (Å²) in [4.78, 5) is 37.8. The van der Waals surface area contributed by atoms with E-state index in [1.807, 2.05) is 13.0 Å². The summed E-state index contributed by atoms with van der Waals surface area (Å²) < 4.78 is 0. The van der Waals surface area contributed by atoms with Crippen molar-refractivity contribution in [2.45, 2.75) is 58.6 Å². The molecule has 1 aromatic carbocycles. The van der Waals surface area contributed by atoms with Crippen LogP contribution in [0, 0.1) is 17.8 Å². The Morgan fingerprint density at radius 3 is 2.49 bits per heavy atom. The van der Waals surface area contributed by atoms with E-state index in [9.17, 15) is 34.8 Å². The molecule has 0 bridgehead atoms. The average Bonchev–Trinajstić information content (AvgIpc) is 2.77. The number of phenols is 1. The number of aryl methyl sites for hydroxylation is 1. The molecule has 1 amide bonds. The zero-order chi connectivity index (χ0) is 25.8. The first-order valence-electron chi connectivity index (χ1n) is 12.0. The summed E-state index contributed by atoms with van der Waals surface area (Å²) in [7, 11) is 0. The van der Waals surface area contributed by atoms with Gasteiger partial charge in [-0.15, -0.1) is 0 Å². The molecule has 0 saturated heterocycles. The van der Waals surface area contributed by atoms with Crippen LogP contribution in [0.2, 0.25) is 0 Å². The van der Waals surface area contributed by atoms with E-state index in [1.165, 1.54) is 0 Å². The molecule has 3 atom stereocenters. The monoisotopic (exact) mass is 484 g/mol. The zero-order valence-electron chi connectivity index (χ0n) is 20.1. The third kappa shape index (κ3) is 3.73. The number of aromatic hydroxyl groups is 1. The van der Waals surface area contributed by atoms with E-state index in [4.69, 9.17) is 5.73 Å². The van der Waals surface area contributed by atoms with Gasteiger partial charge in [0.05, 0.1) is 5.56 Å². The van der Waals surface area contributed by atoms with Crippen molar-refractivity contribution >= 4 is 23.2 Å². The molecule has 9 heteroatoms. The van der Waals surface area contributed by atoms with Crippen LogP contribution >= 0.6 is 0 Å². The van der Waals surface area contributed by atoms with Crippen molar-refractivity contribution in [2.24, 2.45) is 23.5 Å². The SMILES string of the molecule is CCc1cc(CNCC(C)C)c(O)c2c1C[C@H]1C[C@H]3CC(=O)C(C(N)=O)=C(O)[C@@]3(O)C(=O)C1=C2O. The largest absolute Gasteiger partial charge is 0.508 e. The van der Waals surface area contributed by atoms with Crippen LogP contribution in [0.4, 0.5) is 0 Å². The quantitative estimate of drug-likeness (QED) is 0.332. The molecule has 4 rings (SSSR count). The lowest BCUT2D eigenvalue weighted by Gasteiger charge is -2.46. The van der Waals surface area contributed by atoms with Crippen molar-refractivity contribution in [1.29, 1.82) is 0 Å². The fraction of sp³-hybridized carbons (Fsp3) is 0.500. The lowest BCUT2D eigenvalue weighted by molar-refractivity contribution is -0.147. The Balaban J connectivity index is 1.86. The van der Waals surface area contributed by atoms with E-state index in [0.29, 0.717) is 30.9 Å². The minimum absolute atomic E-state index is 0.120. The Kier molecular flexibility index (Phi) is 6.27. The zero-order valence-corrected chi connectivity index (χ0v) is 20.1. The lowest BCUT2D eigenvalue weighted by atomic mass is 9.59. The van der Waals surface area contributed by atoms with Gasteiger partial charge in [0.15, 0.2) is 11.4 Å². The van der Waals surface area contributed by atoms with Gasteiger partial charge >= 0.3 is 0 Å². The smallest absolute Gasteiger partial charge is 0.255 e. The number of amides is 1. The number of rotatable bonds is 6. The third-order valence-corrected chi connectivity index (χ3v) is 7.48. The minimum atomic E-state index is -2.55. The average molecular weight is 485 g/mol. The van der Waals surface area contributed by atoms with E-state index in [0.717, 1.165) is 17.7 Å². The second-order valence-corrected chi connectivity index (χ2v) is 10.2. The summed E-state index contributed by atoms with van der Waals surface area (Å²) in [5, 5.41) is 47.6. The summed E-state index contributed by atoms with van der Waals surface area (Å²) in [6.45, 7) is 7.18. The molecule has 1 fully saturated rings. The van der Waals surface area contributed by atoms with E-state index >= 15 is 0 Å². The van der Waals surface area contributed by atoms with Gasteiger partial charge in [-0.1, -0.05) is 26.8 Å². The Hall–Kier alpha value is -3.17. The Labute approximate surface area is 203 Å². The van der Waals surface area contributed by atoms with Crippen LogP contribution in [-0.4, -0.2) is 50.0 Å². The fourth-order valence-electron chi connectivity index (χ4n) is 5.77. The van der Waals surface area contributed by atoms with Crippen molar-refractivity contribution in [1.82, 2.24) is 5.32 Å². The van der Waals surface area contributed by atoms with Crippen LogP contribution in [0.25, 0.3) is 5.76 Å². The Morgan fingerprint density at radius 2 is 1.89 bits per heavy atom. The number of phenolic OH excluding ortho intramolecular Hbond substituents is 1. The molecule has 188 valence electrons. The summed E-state index contributed by atoms with van der Waals surface area (Å²) >= 11 is 0. The molecule has 3 aliphatic rings. The third-order valence-electron chi connectivity index (χ3n) is 7.48. The highest BCUT2D eigenvalue weighted by molar-refractivity contribution is 6.22. The van der Waals surface area contributed by atoms with Gasteiger partial charge < -0.3 is 31.5 Å². The summed E-state index contributed by atoms with van der Waals surface area (Å²) in [6, 6.07) is 1.90. The van der Waals surface area contributed by atoms with E-state index in [-0.39, 0.29) is 29.7 Å². The van der Waals surface area contributed by atoms with Crippen LogP contribution in [0.5, 0.6) is 5.75 Å². The number of hydrogen-bond donors (Lipinski definition) is 6. The summed E-state index contributed by atoms with van der Waals surface area (Å²) in [5.41, 5.74) is 4.15. The molecule has 3 aliphatic carbocycles. The standard InChI is InChI=1S/C26H32N2O7/c1-4-12-5-14(10-28-9-11(2)3)21(30)19-16(12)7-13-6-15-8-17(29)20(25(27)34)24(33)26(15,35)23(32)18(13)22(19)31/h5,11,13,15,28,30-31,33,35H,4,6-10H2,1-3H3,(H2,27,34)/t13-,15+,26+/m1/s1. The number of aliphatic hydroxyl groups is 3. The van der Waals surface area contributed by atoms with Crippen molar-refractivity contribution in [3.63, 3.8) is 0 Å². The molecule has 1 aromatic rings. The van der Waals surface area contributed by atoms with Crippen LogP contribution in [0.3, 0.4) is 0 Å². The molecular weight excluding hydrogens is 452 g/mol. The fourth-order valence-corrected chi connectivity index (χ4v) is 5.77. The Morgan fingerprint density at radius 1 is 1.20 bits per heavy atom. The summed E-state index contributed by atoms with van der Waals surface area (Å²) in [6.07, 6.45) is 0.768. The van der Waals surface area contributed by atoms with E-state index < -0.39 is 52.0 Å². The molecule has 0 aromatic heterocycles. The minimum Gasteiger partial charge on any atom is -0.508 e. The van der Waals surface area contributed by atoms with E-state index in [1.54, 1.807) is 0 Å². The van der Waals surface area contributed by atoms with Gasteiger partial charge in [0.1, 0.15) is 22.8 Å². The molecule has 9 nitrogen and oxygen atoms in total. The van der Waals surface area contributed by atoms with Crippen molar-refractivity contribution < 1.29 is 34.8 Å². The number of benzene rings is 1. The second-order valence-electron chi connectivity index (χ2n) is 10.2. The predicted molar refractivity (Wildman–Crippen MR) is 127 cm³/mol. The second kappa shape index (κ2) is 8.80.